The van der Waals surface area contributed by atoms with Crippen molar-refractivity contribution >= 4 is 15.9 Å². The molecular weight excluding hydrogens is 292 g/mol. The summed E-state index contributed by atoms with van der Waals surface area (Å²) in [5.41, 5.74) is 0.904. The molecule has 98 valence electrons. The van der Waals surface area contributed by atoms with Crippen molar-refractivity contribution < 1.29 is 5.11 Å². The minimum absolute atomic E-state index is 0.0120. The summed E-state index contributed by atoms with van der Waals surface area (Å²) in [7, 11) is 0. The highest BCUT2D eigenvalue weighted by Crippen LogP contribution is 2.18. The van der Waals surface area contributed by atoms with E-state index < -0.39 is 6.10 Å². The quantitative estimate of drug-likeness (QED) is 0.878. The van der Waals surface area contributed by atoms with E-state index >= 15 is 0 Å². The second-order valence-electron chi connectivity index (χ2n) is 4.45. The maximum atomic E-state index is 10.2. The van der Waals surface area contributed by atoms with E-state index in [0.717, 1.165) is 16.6 Å². The number of hydrogen-bond acceptors (Lipinski definition) is 3. The van der Waals surface area contributed by atoms with Crippen molar-refractivity contribution in [1.29, 1.82) is 5.26 Å². The molecule has 0 aliphatic rings. The Labute approximate surface area is 117 Å². The first kappa shape index (κ1) is 15.2. The summed E-state index contributed by atoms with van der Waals surface area (Å²) >= 11 is 3.37. The molecule has 0 fully saturated rings. The Morgan fingerprint density at radius 3 is 2.44 bits per heavy atom. The summed E-state index contributed by atoms with van der Waals surface area (Å²) in [5.74, 6) is -0.0120. The van der Waals surface area contributed by atoms with Crippen molar-refractivity contribution in [2.75, 3.05) is 19.6 Å². The third-order valence-electron chi connectivity index (χ3n) is 2.89. The van der Waals surface area contributed by atoms with Crippen LogP contribution < -0.4 is 0 Å². The largest absolute Gasteiger partial charge is 0.387 e. The highest BCUT2D eigenvalue weighted by Gasteiger charge is 2.14. The minimum atomic E-state index is -0.510. The summed E-state index contributed by atoms with van der Waals surface area (Å²) in [5, 5.41) is 19.0. The molecule has 1 N–H and O–H groups in total. The lowest BCUT2D eigenvalue weighted by atomic mass is 10.1. The van der Waals surface area contributed by atoms with E-state index in [2.05, 4.69) is 26.9 Å². The number of likely N-dealkylation sites (N-methyl/N-ethyl adjacent to an activating group) is 1. The molecule has 4 heteroatoms. The predicted octanol–water partition coefficient (Wildman–Crippen LogP) is 2.96. The molecule has 0 bridgehead atoms. The Morgan fingerprint density at radius 1 is 1.33 bits per heavy atom. The maximum absolute atomic E-state index is 10.2. The zero-order valence-electron chi connectivity index (χ0n) is 10.8. The number of aliphatic hydroxyl groups excluding tert-OH is 1. The lowest BCUT2D eigenvalue weighted by Gasteiger charge is -2.24. The standard InChI is InChI=1S/C14H19BrN2O/c1-3-17(9-11(2)8-16)10-14(18)12-4-6-13(15)7-5-12/h4-7,11,14,18H,3,9-10H2,1-2H3/t11-,14-/m1/s1. The van der Waals surface area contributed by atoms with E-state index in [1.54, 1.807) is 0 Å². The minimum Gasteiger partial charge on any atom is -0.387 e. The smallest absolute Gasteiger partial charge is 0.0916 e. The van der Waals surface area contributed by atoms with E-state index in [0.29, 0.717) is 13.1 Å². The first-order valence-corrected chi connectivity index (χ1v) is 6.91. The van der Waals surface area contributed by atoms with Gasteiger partial charge in [0.1, 0.15) is 0 Å². The van der Waals surface area contributed by atoms with Gasteiger partial charge in [0.25, 0.3) is 0 Å². The van der Waals surface area contributed by atoms with Gasteiger partial charge in [-0.1, -0.05) is 35.0 Å². The number of nitriles is 1. The van der Waals surface area contributed by atoms with Gasteiger partial charge in [-0.25, -0.2) is 0 Å². The molecule has 0 heterocycles. The van der Waals surface area contributed by atoms with Crippen LogP contribution in [0.15, 0.2) is 28.7 Å². The molecule has 0 saturated carbocycles. The summed E-state index contributed by atoms with van der Waals surface area (Å²) in [6, 6.07) is 9.89. The van der Waals surface area contributed by atoms with Crippen molar-refractivity contribution in [2.24, 2.45) is 5.92 Å². The molecule has 2 atom stereocenters. The van der Waals surface area contributed by atoms with Crippen LogP contribution in [0.4, 0.5) is 0 Å². The Balaban J connectivity index is 2.59. The van der Waals surface area contributed by atoms with Crippen LogP contribution >= 0.6 is 15.9 Å². The molecule has 1 aromatic carbocycles. The highest BCUT2D eigenvalue weighted by molar-refractivity contribution is 9.10. The first-order chi connectivity index (χ1) is 8.56. The van der Waals surface area contributed by atoms with Gasteiger partial charge in [-0.2, -0.15) is 5.26 Å². The van der Waals surface area contributed by atoms with Crippen molar-refractivity contribution in [3.8, 4) is 6.07 Å². The molecule has 0 aliphatic carbocycles. The van der Waals surface area contributed by atoms with Crippen LogP contribution in [-0.4, -0.2) is 29.6 Å². The number of rotatable bonds is 6. The summed E-state index contributed by atoms with van der Waals surface area (Å²) in [6.07, 6.45) is -0.510. The number of nitrogens with zero attached hydrogens (tertiary/aromatic N) is 2. The van der Waals surface area contributed by atoms with Gasteiger partial charge in [0.05, 0.1) is 18.1 Å². The van der Waals surface area contributed by atoms with Crippen LogP contribution in [0, 0.1) is 17.2 Å². The van der Waals surface area contributed by atoms with Gasteiger partial charge in [0, 0.05) is 17.6 Å². The Morgan fingerprint density at radius 2 is 1.94 bits per heavy atom. The van der Waals surface area contributed by atoms with Gasteiger partial charge in [0.2, 0.25) is 0 Å². The maximum Gasteiger partial charge on any atom is 0.0916 e. The Bertz CT molecular complexity index is 399. The molecule has 0 radical (unpaired) electrons. The SMILES string of the molecule is CCN(C[C@H](C)C#N)C[C@@H](O)c1ccc(Br)cc1. The van der Waals surface area contributed by atoms with Gasteiger partial charge in [0.15, 0.2) is 0 Å². The molecule has 0 saturated heterocycles. The molecule has 3 nitrogen and oxygen atoms in total. The third-order valence-corrected chi connectivity index (χ3v) is 3.41. The molecule has 1 aromatic rings. The normalized spacial score (nSPS) is 14.2. The van der Waals surface area contributed by atoms with Crippen molar-refractivity contribution in [1.82, 2.24) is 4.90 Å². The number of aliphatic hydroxyl groups is 1. The second kappa shape index (κ2) is 7.52. The molecular formula is C14H19BrN2O. The Hall–Kier alpha value is -0.890. The third kappa shape index (κ3) is 4.77. The van der Waals surface area contributed by atoms with Gasteiger partial charge >= 0.3 is 0 Å². The lowest BCUT2D eigenvalue weighted by molar-refractivity contribution is 0.112. The summed E-state index contributed by atoms with van der Waals surface area (Å²) in [4.78, 5) is 2.10. The summed E-state index contributed by atoms with van der Waals surface area (Å²) in [6.45, 7) is 6.03. The van der Waals surface area contributed by atoms with Crippen LogP contribution in [0.3, 0.4) is 0 Å². The van der Waals surface area contributed by atoms with Crippen LogP contribution in [0.2, 0.25) is 0 Å². The van der Waals surface area contributed by atoms with Crippen molar-refractivity contribution in [3.05, 3.63) is 34.3 Å². The van der Waals surface area contributed by atoms with Crippen LogP contribution in [0.25, 0.3) is 0 Å². The molecule has 0 amide bonds. The van der Waals surface area contributed by atoms with Gasteiger partial charge in [-0.3, -0.25) is 4.90 Å². The average Bonchev–Trinajstić information content (AvgIpc) is 2.38. The fourth-order valence-corrected chi connectivity index (χ4v) is 2.06. The molecule has 0 unspecified atom stereocenters. The second-order valence-corrected chi connectivity index (χ2v) is 5.37. The lowest BCUT2D eigenvalue weighted by Crippen LogP contribution is -2.32. The predicted molar refractivity (Wildman–Crippen MR) is 76.0 cm³/mol. The molecule has 1 rings (SSSR count). The van der Waals surface area contributed by atoms with E-state index in [-0.39, 0.29) is 5.92 Å². The molecule has 0 aliphatic heterocycles. The topological polar surface area (TPSA) is 47.3 Å². The van der Waals surface area contributed by atoms with Crippen molar-refractivity contribution in [3.63, 3.8) is 0 Å². The van der Waals surface area contributed by atoms with Crippen LogP contribution in [-0.2, 0) is 0 Å². The van der Waals surface area contributed by atoms with Gasteiger partial charge in [-0.15, -0.1) is 0 Å². The highest BCUT2D eigenvalue weighted by atomic mass is 79.9. The molecule has 0 aromatic heterocycles. The number of benzene rings is 1. The van der Waals surface area contributed by atoms with E-state index in [1.165, 1.54) is 0 Å². The van der Waals surface area contributed by atoms with E-state index in [4.69, 9.17) is 5.26 Å². The fourth-order valence-electron chi connectivity index (χ4n) is 1.80. The van der Waals surface area contributed by atoms with Crippen LogP contribution in [0.1, 0.15) is 25.5 Å². The van der Waals surface area contributed by atoms with Gasteiger partial charge in [-0.05, 0) is 31.2 Å². The zero-order chi connectivity index (χ0) is 13.5. The molecule has 18 heavy (non-hydrogen) atoms. The summed E-state index contributed by atoms with van der Waals surface area (Å²) < 4.78 is 1.00. The van der Waals surface area contributed by atoms with Crippen LogP contribution in [0.5, 0.6) is 0 Å². The monoisotopic (exact) mass is 310 g/mol. The zero-order valence-corrected chi connectivity index (χ0v) is 12.4. The average molecular weight is 311 g/mol. The molecule has 0 spiro atoms. The number of hydrogen-bond donors (Lipinski definition) is 1. The van der Waals surface area contributed by atoms with Crippen molar-refractivity contribution in [2.45, 2.75) is 20.0 Å². The Kier molecular flexibility index (Phi) is 6.34. The fraction of sp³-hybridized carbons (Fsp3) is 0.500. The first-order valence-electron chi connectivity index (χ1n) is 6.12. The van der Waals surface area contributed by atoms with E-state index in [1.807, 2.05) is 38.1 Å². The number of halogens is 1. The van der Waals surface area contributed by atoms with E-state index in [9.17, 15) is 5.11 Å². The van der Waals surface area contributed by atoms with Gasteiger partial charge < -0.3 is 5.11 Å².